The predicted molar refractivity (Wildman–Crippen MR) is 112 cm³/mol. The van der Waals surface area contributed by atoms with Gasteiger partial charge in [-0.2, -0.15) is 4.57 Å². The minimum Gasteiger partial charge on any atom is -0.189 e. The molecule has 0 aliphatic carbocycles. The van der Waals surface area contributed by atoms with Crippen LogP contribution in [0.25, 0.3) is 31.4 Å². The summed E-state index contributed by atoms with van der Waals surface area (Å²) in [5, 5.41) is 2.71. The highest BCUT2D eigenvalue weighted by atomic mass is 32.1. The van der Waals surface area contributed by atoms with Crippen molar-refractivity contribution in [3.63, 3.8) is 0 Å². The molecule has 1 aliphatic rings. The van der Waals surface area contributed by atoms with E-state index in [0.29, 0.717) is 0 Å². The Labute approximate surface area is 158 Å². The van der Waals surface area contributed by atoms with Crippen molar-refractivity contribution in [2.75, 3.05) is 0 Å². The van der Waals surface area contributed by atoms with Crippen LogP contribution in [-0.2, 0) is 11.0 Å². The van der Waals surface area contributed by atoms with Crippen LogP contribution in [-0.4, -0.2) is 0 Å². The molecule has 0 amide bonds. The highest BCUT2D eigenvalue weighted by Gasteiger charge is 2.54. The third-order valence-electron chi connectivity index (χ3n) is 6.50. The van der Waals surface area contributed by atoms with Crippen LogP contribution in [0.5, 0.6) is 0 Å². The normalized spacial score (nSPS) is 20.7. The lowest BCUT2D eigenvalue weighted by molar-refractivity contribution is -0.751. The Bertz CT molecular complexity index is 1200. The largest absolute Gasteiger partial charge is 0.215 e. The van der Waals surface area contributed by atoms with Gasteiger partial charge in [-0.05, 0) is 37.6 Å². The number of fused-ring (bicyclic) bond motifs is 7. The molecule has 3 heterocycles. The van der Waals surface area contributed by atoms with Crippen LogP contribution in [0.4, 0.5) is 0 Å². The molecule has 5 rings (SSSR count). The van der Waals surface area contributed by atoms with E-state index in [1.165, 1.54) is 37.0 Å². The van der Waals surface area contributed by atoms with Gasteiger partial charge in [0.15, 0.2) is 11.7 Å². The van der Waals surface area contributed by atoms with Crippen molar-refractivity contribution in [2.24, 2.45) is 0 Å². The Kier molecular flexibility index (Phi) is 3.06. The Morgan fingerprint density at radius 2 is 1.69 bits per heavy atom. The monoisotopic (exact) mass is 356 g/mol. The molecule has 1 unspecified atom stereocenters. The number of hydrogen-bond donors (Lipinski definition) is 0. The number of allylic oxidation sites excluding steroid dienone is 1. The van der Waals surface area contributed by atoms with E-state index in [4.69, 9.17) is 0 Å². The molecule has 0 bridgehead atoms. The van der Waals surface area contributed by atoms with Crippen LogP contribution in [0.3, 0.4) is 0 Å². The van der Waals surface area contributed by atoms with Crippen molar-refractivity contribution >= 4 is 31.5 Å². The minimum absolute atomic E-state index is 0.0620. The van der Waals surface area contributed by atoms with Crippen molar-refractivity contribution in [2.45, 2.75) is 31.7 Å². The van der Waals surface area contributed by atoms with Crippen LogP contribution in [0.1, 0.15) is 26.3 Å². The zero-order chi connectivity index (χ0) is 18.1. The fourth-order valence-corrected chi connectivity index (χ4v) is 5.80. The lowest BCUT2D eigenvalue weighted by atomic mass is 9.64. The first-order chi connectivity index (χ1) is 12.5. The molecule has 0 spiro atoms. The fourth-order valence-electron chi connectivity index (χ4n) is 4.54. The lowest BCUT2D eigenvalue weighted by Crippen LogP contribution is -2.65. The van der Waals surface area contributed by atoms with E-state index in [0.717, 1.165) is 0 Å². The summed E-state index contributed by atoms with van der Waals surface area (Å²) in [4.78, 5) is 0. The number of pyridine rings is 1. The molecule has 0 saturated carbocycles. The molecular weight excluding hydrogens is 334 g/mol. The fraction of sp³-hybridized carbons (Fsp3) is 0.208. The molecule has 1 aliphatic heterocycles. The van der Waals surface area contributed by atoms with Crippen molar-refractivity contribution in [1.29, 1.82) is 0 Å². The molecule has 0 radical (unpaired) electrons. The molecule has 1 atom stereocenters. The molecule has 0 saturated heterocycles. The van der Waals surface area contributed by atoms with Gasteiger partial charge in [-0.15, -0.1) is 11.3 Å². The van der Waals surface area contributed by atoms with Gasteiger partial charge in [0.05, 0.1) is 11.0 Å². The summed E-state index contributed by atoms with van der Waals surface area (Å²) < 4.78 is 5.16. The third kappa shape index (κ3) is 1.73. The van der Waals surface area contributed by atoms with Gasteiger partial charge in [0, 0.05) is 39.2 Å². The van der Waals surface area contributed by atoms with Crippen molar-refractivity contribution < 1.29 is 4.57 Å². The summed E-state index contributed by atoms with van der Waals surface area (Å²) in [5.41, 5.74) is 3.83. The Hall–Kier alpha value is -2.45. The molecule has 4 aromatic rings. The number of nitrogens with zero attached hydrogens (tertiary/aromatic N) is 1. The average molecular weight is 357 g/mol. The first kappa shape index (κ1) is 15.8. The quantitative estimate of drug-likeness (QED) is 0.282. The SMILES string of the molecule is C=CC1(C)[n+]2ccccc2-c2c(ccc3c2sc2ccccc23)C1(C)C. The predicted octanol–water partition coefficient (Wildman–Crippen LogP) is 6.20. The molecule has 128 valence electrons. The lowest BCUT2D eigenvalue weighted by Gasteiger charge is -2.42. The van der Waals surface area contributed by atoms with E-state index in [1.54, 1.807) is 0 Å². The van der Waals surface area contributed by atoms with Crippen LogP contribution in [0, 0.1) is 0 Å². The summed E-state index contributed by atoms with van der Waals surface area (Å²) in [6.07, 6.45) is 4.31. The maximum atomic E-state index is 4.20. The summed E-state index contributed by atoms with van der Waals surface area (Å²) >= 11 is 1.91. The second-order valence-corrected chi connectivity index (χ2v) is 8.95. The molecule has 0 N–H and O–H groups in total. The van der Waals surface area contributed by atoms with Gasteiger partial charge < -0.3 is 0 Å². The molecule has 1 nitrogen and oxygen atoms in total. The topological polar surface area (TPSA) is 3.88 Å². The van der Waals surface area contributed by atoms with Crippen LogP contribution < -0.4 is 4.57 Å². The molecular formula is C24H22NS+. The maximum Gasteiger partial charge on any atom is 0.215 e. The summed E-state index contributed by atoms with van der Waals surface area (Å²) in [7, 11) is 0. The minimum atomic E-state index is -0.180. The number of thiophene rings is 1. The number of aromatic nitrogens is 1. The van der Waals surface area contributed by atoms with Gasteiger partial charge in [0.2, 0.25) is 5.69 Å². The van der Waals surface area contributed by atoms with E-state index < -0.39 is 0 Å². The van der Waals surface area contributed by atoms with E-state index in [2.05, 4.69) is 98.8 Å². The molecule has 0 fully saturated rings. The van der Waals surface area contributed by atoms with Crippen LogP contribution in [0.2, 0.25) is 0 Å². The number of hydrogen-bond acceptors (Lipinski definition) is 1. The van der Waals surface area contributed by atoms with E-state index in [-0.39, 0.29) is 11.0 Å². The number of benzene rings is 2. The smallest absolute Gasteiger partial charge is 0.189 e. The van der Waals surface area contributed by atoms with Gasteiger partial charge >= 0.3 is 0 Å². The van der Waals surface area contributed by atoms with Crippen LogP contribution in [0.15, 0.2) is 73.4 Å². The van der Waals surface area contributed by atoms with E-state index in [9.17, 15) is 0 Å². The van der Waals surface area contributed by atoms with E-state index >= 15 is 0 Å². The first-order valence-corrected chi connectivity index (χ1v) is 9.90. The van der Waals surface area contributed by atoms with Gasteiger partial charge in [-0.25, -0.2) is 0 Å². The highest BCUT2D eigenvalue weighted by molar-refractivity contribution is 7.26. The van der Waals surface area contributed by atoms with Gasteiger partial charge in [0.1, 0.15) is 0 Å². The third-order valence-corrected chi connectivity index (χ3v) is 7.70. The average Bonchev–Trinajstić information content (AvgIpc) is 3.04. The summed E-state index contributed by atoms with van der Waals surface area (Å²) in [5.74, 6) is 0. The summed E-state index contributed by atoms with van der Waals surface area (Å²) in [6.45, 7) is 11.2. The Morgan fingerprint density at radius 3 is 2.50 bits per heavy atom. The summed E-state index contributed by atoms with van der Waals surface area (Å²) in [6, 6.07) is 19.9. The molecule has 2 heteroatoms. The van der Waals surface area contributed by atoms with Crippen molar-refractivity contribution in [3.8, 4) is 11.3 Å². The molecule has 2 aromatic carbocycles. The molecule has 2 aromatic heterocycles. The second-order valence-electron chi connectivity index (χ2n) is 7.90. The number of rotatable bonds is 1. The van der Waals surface area contributed by atoms with Gasteiger partial charge in [-0.3, -0.25) is 0 Å². The van der Waals surface area contributed by atoms with Gasteiger partial charge in [0.25, 0.3) is 0 Å². The highest BCUT2D eigenvalue weighted by Crippen LogP contribution is 2.50. The maximum absolute atomic E-state index is 4.20. The molecule has 26 heavy (non-hydrogen) atoms. The Balaban J connectivity index is 2.01. The zero-order valence-corrected chi connectivity index (χ0v) is 16.2. The first-order valence-electron chi connectivity index (χ1n) is 9.09. The second kappa shape index (κ2) is 5.05. The van der Waals surface area contributed by atoms with Gasteiger partial charge in [-0.1, -0.05) is 36.9 Å². The van der Waals surface area contributed by atoms with Crippen LogP contribution >= 0.6 is 11.3 Å². The Morgan fingerprint density at radius 1 is 0.923 bits per heavy atom. The van der Waals surface area contributed by atoms with E-state index in [1.807, 2.05) is 11.3 Å². The standard InChI is InChI=1S/C24H22NS/c1-5-24(4)23(2,3)18-14-13-17-16-10-6-7-12-20(16)26-22(17)21(18)19-11-8-9-15-25(19)24/h5-15H,1H2,2-4H3/q+1. The van der Waals surface area contributed by atoms with Crippen molar-refractivity contribution in [1.82, 2.24) is 0 Å². The van der Waals surface area contributed by atoms with Crippen molar-refractivity contribution in [3.05, 3.63) is 79.0 Å². The zero-order valence-electron chi connectivity index (χ0n) is 15.4.